The molecule has 4 rings (SSSR count). The van der Waals surface area contributed by atoms with Gasteiger partial charge in [0.15, 0.2) is 0 Å². The SMILES string of the molecule is CCCSc1ccc(-c2nn(-c3ccccc3)cc2/C=C2\SC(=S)N(CCC)C2=O)cc1. The summed E-state index contributed by atoms with van der Waals surface area (Å²) in [6.07, 6.45) is 5.93. The smallest absolute Gasteiger partial charge is 0.266 e. The third-order valence-corrected chi connectivity index (χ3v) is 7.57. The lowest BCUT2D eigenvalue weighted by Gasteiger charge is -2.11. The maximum Gasteiger partial charge on any atom is 0.266 e. The molecule has 3 aromatic rings. The van der Waals surface area contributed by atoms with E-state index in [1.165, 1.54) is 16.7 Å². The van der Waals surface area contributed by atoms with Crippen LogP contribution in [0.5, 0.6) is 0 Å². The average Bonchev–Trinajstić information content (AvgIpc) is 3.35. The van der Waals surface area contributed by atoms with Crippen LogP contribution in [-0.2, 0) is 4.79 Å². The zero-order valence-corrected chi connectivity index (χ0v) is 20.6. The van der Waals surface area contributed by atoms with E-state index in [-0.39, 0.29) is 5.91 Å². The minimum Gasteiger partial charge on any atom is -0.293 e. The number of nitrogens with zero attached hydrogens (tertiary/aromatic N) is 3. The third-order valence-electron chi connectivity index (χ3n) is 4.97. The first-order chi connectivity index (χ1) is 15.6. The normalized spacial score (nSPS) is 15.2. The molecule has 0 N–H and O–H groups in total. The molecular weight excluding hydrogens is 454 g/mol. The zero-order chi connectivity index (χ0) is 22.5. The first-order valence-electron chi connectivity index (χ1n) is 10.7. The van der Waals surface area contributed by atoms with Crippen molar-refractivity contribution in [3.8, 4) is 16.9 Å². The van der Waals surface area contributed by atoms with Gasteiger partial charge in [-0.1, -0.05) is 68.2 Å². The molecule has 1 fully saturated rings. The lowest BCUT2D eigenvalue weighted by atomic mass is 10.1. The highest BCUT2D eigenvalue weighted by molar-refractivity contribution is 8.26. The number of benzene rings is 2. The molecule has 4 nitrogen and oxygen atoms in total. The zero-order valence-electron chi connectivity index (χ0n) is 18.2. The average molecular weight is 480 g/mol. The fraction of sp³-hybridized carbons (Fsp3) is 0.240. The van der Waals surface area contributed by atoms with Crippen LogP contribution >= 0.6 is 35.7 Å². The second-order valence-electron chi connectivity index (χ2n) is 7.42. The lowest BCUT2D eigenvalue weighted by Crippen LogP contribution is -2.28. The Balaban J connectivity index is 1.73. The molecule has 1 aromatic heterocycles. The molecule has 1 amide bonds. The summed E-state index contributed by atoms with van der Waals surface area (Å²) < 4.78 is 2.49. The molecule has 7 heteroatoms. The van der Waals surface area contributed by atoms with Crippen LogP contribution in [-0.4, -0.2) is 37.2 Å². The quantitative estimate of drug-likeness (QED) is 0.205. The molecule has 164 valence electrons. The molecule has 0 saturated carbocycles. The molecule has 0 spiro atoms. The van der Waals surface area contributed by atoms with E-state index in [1.807, 2.05) is 66.0 Å². The molecule has 0 atom stereocenters. The van der Waals surface area contributed by atoms with Gasteiger partial charge in [-0.05, 0) is 48.9 Å². The number of para-hydroxylation sites is 1. The van der Waals surface area contributed by atoms with E-state index >= 15 is 0 Å². The predicted octanol–water partition coefficient (Wildman–Crippen LogP) is 6.65. The molecule has 0 aliphatic carbocycles. The van der Waals surface area contributed by atoms with Crippen molar-refractivity contribution in [2.24, 2.45) is 0 Å². The van der Waals surface area contributed by atoms with Crippen LogP contribution in [0.3, 0.4) is 0 Å². The third kappa shape index (κ3) is 5.00. The van der Waals surface area contributed by atoms with Crippen molar-refractivity contribution >= 4 is 52.0 Å². The highest BCUT2D eigenvalue weighted by Crippen LogP contribution is 2.35. The first-order valence-corrected chi connectivity index (χ1v) is 13.0. The second kappa shape index (κ2) is 10.5. The first kappa shape index (κ1) is 22.8. The van der Waals surface area contributed by atoms with E-state index in [4.69, 9.17) is 17.3 Å². The van der Waals surface area contributed by atoms with Crippen molar-refractivity contribution in [3.63, 3.8) is 0 Å². The van der Waals surface area contributed by atoms with Gasteiger partial charge in [-0.2, -0.15) is 5.10 Å². The van der Waals surface area contributed by atoms with Gasteiger partial charge in [-0.3, -0.25) is 9.69 Å². The predicted molar refractivity (Wildman–Crippen MR) is 140 cm³/mol. The minimum atomic E-state index is -0.0217. The van der Waals surface area contributed by atoms with Gasteiger partial charge >= 0.3 is 0 Å². The maximum absolute atomic E-state index is 12.9. The van der Waals surface area contributed by atoms with Crippen molar-refractivity contribution in [2.45, 2.75) is 31.6 Å². The van der Waals surface area contributed by atoms with Crippen molar-refractivity contribution in [3.05, 3.63) is 71.3 Å². The molecule has 2 aromatic carbocycles. The van der Waals surface area contributed by atoms with Gasteiger partial charge in [0.2, 0.25) is 0 Å². The highest BCUT2D eigenvalue weighted by atomic mass is 32.2. The van der Waals surface area contributed by atoms with Gasteiger partial charge in [0.05, 0.1) is 16.3 Å². The molecule has 1 aliphatic heterocycles. The summed E-state index contributed by atoms with van der Waals surface area (Å²) >= 11 is 8.66. The number of hydrogen-bond acceptors (Lipinski definition) is 5. The van der Waals surface area contributed by atoms with E-state index in [0.29, 0.717) is 15.8 Å². The van der Waals surface area contributed by atoms with Gasteiger partial charge < -0.3 is 0 Å². The number of amides is 1. The Kier molecular flexibility index (Phi) is 7.50. The van der Waals surface area contributed by atoms with E-state index in [2.05, 4.69) is 31.2 Å². The summed E-state index contributed by atoms with van der Waals surface area (Å²) in [7, 11) is 0. The second-order valence-corrected chi connectivity index (χ2v) is 10.3. The topological polar surface area (TPSA) is 38.1 Å². The number of thioether (sulfide) groups is 2. The molecule has 0 unspecified atom stereocenters. The van der Waals surface area contributed by atoms with E-state index in [9.17, 15) is 4.79 Å². The number of carbonyl (C=O) groups is 1. The van der Waals surface area contributed by atoms with E-state index < -0.39 is 0 Å². The fourth-order valence-electron chi connectivity index (χ4n) is 3.42. The monoisotopic (exact) mass is 479 g/mol. The Labute approximate surface area is 203 Å². The number of hydrogen-bond donors (Lipinski definition) is 0. The fourth-order valence-corrected chi connectivity index (χ4v) is 5.48. The van der Waals surface area contributed by atoms with Crippen LogP contribution in [0.4, 0.5) is 0 Å². The molecule has 2 heterocycles. The Morgan fingerprint density at radius 2 is 1.81 bits per heavy atom. The summed E-state index contributed by atoms with van der Waals surface area (Å²) in [5.41, 5.74) is 3.75. The number of aromatic nitrogens is 2. The number of thiocarbonyl (C=S) groups is 1. The summed E-state index contributed by atoms with van der Waals surface area (Å²) in [5.74, 6) is 1.08. The Bertz CT molecular complexity index is 1140. The van der Waals surface area contributed by atoms with Crippen LogP contribution in [0.1, 0.15) is 32.3 Å². The van der Waals surface area contributed by atoms with Crippen LogP contribution in [0.2, 0.25) is 0 Å². The van der Waals surface area contributed by atoms with Gasteiger partial charge in [0.25, 0.3) is 5.91 Å². The van der Waals surface area contributed by atoms with E-state index in [1.54, 1.807) is 4.90 Å². The van der Waals surface area contributed by atoms with Crippen LogP contribution in [0.25, 0.3) is 23.0 Å². The van der Waals surface area contributed by atoms with Crippen molar-refractivity contribution < 1.29 is 4.79 Å². The van der Waals surface area contributed by atoms with Gasteiger partial charge in [0, 0.05) is 28.8 Å². The lowest BCUT2D eigenvalue weighted by molar-refractivity contribution is -0.122. The highest BCUT2D eigenvalue weighted by Gasteiger charge is 2.31. The summed E-state index contributed by atoms with van der Waals surface area (Å²) in [5, 5.41) is 4.88. The summed E-state index contributed by atoms with van der Waals surface area (Å²) in [6, 6.07) is 18.5. The van der Waals surface area contributed by atoms with E-state index in [0.717, 1.165) is 41.1 Å². The van der Waals surface area contributed by atoms with Gasteiger partial charge in [0.1, 0.15) is 4.32 Å². The summed E-state index contributed by atoms with van der Waals surface area (Å²) in [6.45, 7) is 4.88. The molecule has 0 radical (unpaired) electrons. The van der Waals surface area contributed by atoms with Crippen LogP contribution in [0, 0.1) is 0 Å². The van der Waals surface area contributed by atoms with Crippen molar-refractivity contribution in [1.82, 2.24) is 14.7 Å². The maximum atomic E-state index is 12.9. The molecule has 1 saturated heterocycles. The van der Waals surface area contributed by atoms with Crippen molar-refractivity contribution in [2.75, 3.05) is 12.3 Å². The largest absolute Gasteiger partial charge is 0.293 e. The van der Waals surface area contributed by atoms with Crippen molar-refractivity contribution in [1.29, 1.82) is 0 Å². The molecular formula is C25H25N3OS3. The molecule has 0 bridgehead atoms. The van der Waals surface area contributed by atoms with Gasteiger partial charge in [-0.15, -0.1) is 11.8 Å². The Morgan fingerprint density at radius 1 is 1.06 bits per heavy atom. The Hall–Kier alpha value is -2.35. The van der Waals surface area contributed by atoms with Crippen LogP contribution < -0.4 is 0 Å². The number of rotatable bonds is 8. The minimum absolute atomic E-state index is 0.0217. The number of carbonyl (C=O) groups excluding carboxylic acids is 1. The standard InChI is InChI=1S/C25H25N3OS3/c1-3-14-27-24(29)22(32-25(27)30)16-19-17-28(20-8-6-5-7-9-20)26-23(19)18-10-12-21(13-11-18)31-15-4-2/h5-13,16-17H,3-4,14-15H2,1-2H3/b22-16-. The molecule has 32 heavy (non-hydrogen) atoms. The van der Waals surface area contributed by atoms with Gasteiger partial charge in [-0.25, -0.2) is 4.68 Å². The molecule has 1 aliphatic rings. The Morgan fingerprint density at radius 3 is 2.50 bits per heavy atom. The van der Waals surface area contributed by atoms with Crippen LogP contribution in [0.15, 0.2) is 70.6 Å². The summed E-state index contributed by atoms with van der Waals surface area (Å²) in [4.78, 5) is 16.5.